The van der Waals surface area contributed by atoms with Crippen molar-refractivity contribution in [3.63, 3.8) is 0 Å². The Morgan fingerprint density at radius 2 is 1.80 bits per heavy atom. The van der Waals surface area contributed by atoms with Crippen LogP contribution in [0.4, 0.5) is 11.4 Å². The van der Waals surface area contributed by atoms with Crippen LogP contribution in [0.1, 0.15) is 41.3 Å². The van der Waals surface area contributed by atoms with Crippen LogP contribution in [0.2, 0.25) is 0 Å². The van der Waals surface area contributed by atoms with Crippen molar-refractivity contribution in [2.45, 2.75) is 33.6 Å². The molecule has 1 amide bonds. The smallest absolute Gasteiger partial charge is 0.338 e. The monoisotopic (exact) mass is 432 g/mol. The third kappa shape index (κ3) is 6.32. The van der Waals surface area contributed by atoms with E-state index < -0.39 is 16.0 Å². The van der Waals surface area contributed by atoms with Crippen molar-refractivity contribution in [2.24, 2.45) is 0 Å². The number of aryl methyl sites for hydroxylation is 1. The Morgan fingerprint density at radius 1 is 1.10 bits per heavy atom. The minimum absolute atomic E-state index is 0.140. The van der Waals surface area contributed by atoms with E-state index in [2.05, 4.69) is 5.32 Å². The first kappa shape index (κ1) is 23.4. The molecule has 2 rings (SSSR count). The number of rotatable bonds is 9. The van der Waals surface area contributed by atoms with Gasteiger partial charge in [-0.2, -0.15) is 0 Å². The van der Waals surface area contributed by atoms with Crippen molar-refractivity contribution in [1.82, 2.24) is 0 Å². The molecule has 0 aliphatic heterocycles. The minimum Gasteiger partial charge on any atom is -0.462 e. The molecule has 0 aromatic heterocycles. The fourth-order valence-corrected chi connectivity index (χ4v) is 4.02. The summed E-state index contributed by atoms with van der Waals surface area (Å²) in [6.45, 7) is 5.83. The van der Waals surface area contributed by atoms with Crippen molar-refractivity contribution < 1.29 is 22.7 Å². The molecule has 0 aliphatic carbocycles. The zero-order valence-corrected chi connectivity index (χ0v) is 18.6. The number of nitrogens with zero attached hydrogens (tertiary/aromatic N) is 1. The van der Waals surface area contributed by atoms with E-state index in [-0.39, 0.29) is 25.5 Å². The fourth-order valence-electron chi connectivity index (χ4n) is 3.07. The maximum atomic E-state index is 12.4. The average molecular weight is 433 g/mol. The maximum Gasteiger partial charge on any atom is 0.338 e. The van der Waals surface area contributed by atoms with Gasteiger partial charge in [-0.3, -0.25) is 9.10 Å². The lowest BCUT2D eigenvalue weighted by atomic mass is 10.1. The van der Waals surface area contributed by atoms with E-state index in [1.807, 2.05) is 13.0 Å². The zero-order chi connectivity index (χ0) is 22.3. The predicted octanol–water partition coefficient (Wildman–Crippen LogP) is 3.67. The molecule has 0 radical (unpaired) electrons. The lowest BCUT2D eigenvalue weighted by molar-refractivity contribution is -0.116. The molecule has 0 fully saturated rings. The zero-order valence-electron chi connectivity index (χ0n) is 17.8. The number of anilines is 2. The topological polar surface area (TPSA) is 92.8 Å². The molecule has 0 bridgehead atoms. The van der Waals surface area contributed by atoms with Gasteiger partial charge < -0.3 is 10.1 Å². The van der Waals surface area contributed by atoms with Crippen LogP contribution in [-0.4, -0.2) is 39.7 Å². The van der Waals surface area contributed by atoms with Gasteiger partial charge in [-0.15, -0.1) is 0 Å². The molecule has 1 N–H and O–H groups in total. The number of sulfonamides is 1. The minimum atomic E-state index is -3.47. The summed E-state index contributed by atoms with van der Waals surface area (Å²) in [5, 5.41) is 2.79. The Labute approximate surface area is 178 Å². The molecule has 8 heteroatoms. The van der Waals surface area contributed by atoms with Crippen molar-refractivity contribution in [3.8, 4) is 0 Å². The normalized spacial score (nSPS) is 11.1. The molecule has 0 saturated carbocycles. The molecule has 0 atom stereocenters. The number of esters is 1. The molecule has 162 valence electrons. The first-order chi connectivity index (χ1) is 14.1. The summed E-state index contributed by atoms with van der Waals surface area (Å²) >= 11 is 0. The number of carbonyl (C=O) groups excluding carboxylic acids is 2. The van der Waals surface area contributed by atoms with E-state index >= 15 is 0 Å². The van der Waals surface area contributed by atoms with E-state index in [4.69, 9.17) is 4.74 Å². The third-order valence-corrected chi connectivity index (χ3v) is 5.75. The number of ether oxygens (including phenoxy) is 1. The van der Waals surface area contributed by atoms with Gasteiger partial charge in [-0.1, -0.05) is 18.2 Å². The summed E-state index contributed by atoms with van der Waals surface area (Å²) in [6, 6.07) is 12.3. The Bertz CT molecular complexity index is 1020. The van der Waals surface area contributed by atoms with Crippen LogP contribution in [0.3, 0.4) is 0 Å². The number of carbonyl (C=O) groups is 2. The van der Waals surface area contributed by atoms with Gasteiger partial charge in [-0.25, -0.2) is 13.2 Å². The predicted molar refractivity (Wildman–Crippen MR) is 118 cm³/mol. The van der Waals surface area contributed by atoms with Crippen LogP contribution >= 0.6 is 0 Å². The lowest BCUT2D eigenvalue weighted by Gasteiger charge is -2.22. The second-order valence-corrected chi connectivity index (χ2v) is 8.93. The van der Waals surface area contributed by atoms with Crippen LogP contribution in [0.5, 0.6) is 0 Å². The molecule has 30 heavy (non-hydrogen) atoms. The average Bonchev–Trinajstić information content (AvgIpc) is 2.66. The van der Waals surface area contributed by atoms with Crippen molar-refractivity contribution >= 4 is 33.3 Å². The lowest BCUT2D eigenvalue weighted by Crippen LogP contribution is -2.31. The van der Waals surface area contributed by atoms with E-state index in [9.17, 15) is 18.0 Å². The second-order valence-electron chi connectivity index (χ2n) is 7.02. The summed E-state index contributed by atoms with van der Waals surface area (Å²) in [5.41, 5.74) is 3.09. The van der Waals surface area contributed by atoms with Crippen LogP contribution < -0.4 is 9.62 Å². The standard InChI is InChI=1S/C22H28N2O5S/c1-5-29-22(26)19-11-7-12-20(17(19)3)23-21(25)13-8-14-24(30(4,27)28)18-10-6-9-16(2)15-18/h6-7,9-12,15H,5,8,13-14H2,1-4H3,(H,23,25). The van der Waals surface area contributed by atoms with Gasteiger partial charge in [0.1, 0.15) is 0 Å². The van der Waals surface area contributed by atoms with Gasteiger partial charge in [0, 0.05) is 18.7 Å². The van der Waals surface area contributed by atoms with E-state index in [1.165, 1.54) is 4.31 Å². The third-order valence-electron chi connectivity index (χ3n) is 4.56. The number of benzene rings is 2. The Kier molecular flexibility index (Phi) is 8.00. The molecule has 0 spiro atoms. The van der Waals surface area contributed by atoms with Gasteiger partial charge in [-0.05, 0) is 62.6 Å². The molecular formula is C22H28N2O5S. The van der Waals surface area contributed by atoms with Crippen LogP contribution in [0, 0.1) is 13.8 Å². The van der Waals surface area contributed by atoms with Crippen molar-refractivity contribution in [3.05, 3.63) is 59.2 Å². The molecule has 2 aromatic rings. The summed E-state index contributed by atoms with van der Waals surface area (Å²) in [6.07, 6.45) is 1.64. The summed E-state index contributed by atoms with van der Waals surface area (Å²) in [5.74, 6) is -0.690. The highest BCUT2D eigenvalue weighted by atomic mass is 32.2. The molecule has 0 aliphatic rings. The summed E-state index contributed by atoms with van der Waals surface area (Å²) in [4.78, 5) is 24.4. The van der Waals surface area contributed by atoms with Crippen molar-refractivity contribution in [1.29, 1.82) is 0 Å². The molecule has 0 saturated heterocycles. The Balaban J connectivity index is 2.02. The van der Waals surface area contributed by atoms with Gasteiger partial charge in [0.05, 0.1) is 24.1 Å². The summed E-state index contributed by atoms with van der Waals surface area (Å²) in [7, 11) is -3.47. The largest absolute Gasteiger partial charge is 0.462 e. The van der Waals surface area contributed by atoms with Gasteiger partial charge in [0.15, 0.2) is 0 Å². The molecular weight excluding hydrogens is 404 g/mol. The highest BCUT2D eigenvalue weighted by molar-refractivity contribution is 7.92. The molecule has 0 heterocycles. The number of amides is 1. The maximum absolute atomic E-state index is 12.4. The van der Waals surface area contributed by atoms with Gasteiger partial charge >= 0.3 is 5.97 Å². The second kappa shape index (κ2) is 10.2. The fraction of sp³-hybridized carbons (Fsp3) is 0.364. The Hall–Kier alpha value is -2.87. The quantitative estimate of drug-likeness (QED) is 0.611. The van der Waals surface area contributed by atoms with Crippen LogP contribution in [-0.2, 0) is 19.6 Å². The van der Waals surface area contributed by atoms with E-state index in [1.54, 1.807) is 50.2 Å². The van der Waals surface area contributed by atoms with Gasteiger partial charge in [0.25, 0.3) is 0 Å². The Morgan fingerprint density at radius 3 is 2.43 bits per heavy atom. The van der Waals surface area contributed by atoms with Crippen LogP contribution in [0.15, 0.2) is 42.5 Å². The van der Waals surface area contributed by atoms with Crippen molar-refractivity contribution in [2.75, 3.05) is 29.0 Å². The first-order valence-corrected chi connectivity index (χ1v) is 11.6. The summed E-state index contributed by atoms with van der Waals surface area (Å²) < 4.78 is 30.7. The number of nitrogens with one attached hydrogen (secondary N) is 1. The number of hydrogen-bond donors (Lipinski definition) is 1. The number of hydrogen-bond acceptors (Lipinski definition) is 5. The first-order valence-electron chi connectivity index (χ1n) is 9.74. The van der Waals surface area contributed by atoms with Crippen LogP contribution in [0.25, 0.3) is 0 Å². The SMILES string of the molecule is CCOC(=O)c1cccc(NC(=O)CCCN(c2cccc(C)c2)S(C)(=O)=O)c1C. The van der Waals surface area contributed by atoms with Gasteiger partial charge in [0.2, 0.25) is 15.9 Å². The highest BCUT2D eigenvalue weighted by Crippen LogP contribution is 2.21. The van der Waals surface area contributed by atoms with E-state index in [0.717, 1.165) is 11.8 Å². The molecule has 7 nitrogen and oxygen atoms in total. The molecule has 2 aromatic carbocycles. The van der Waals surface area contributed by atoms with E-state index in [0.29, 0.717) is 28.9 Å². The highest BCUT2D eigenvalue weighted by Gasteiger charge is 2.18. The molecule has 0 unspecified atom stereocenters.